The molecule has 0 heterocycles. The van der Waals surface area contributed by atoms with Gasteiger partial charge in [-0.3, -0.25) is 4.79 Å². The number of benzene rings is 1. The standard InChI is InChI=1S/C10H10F3NO/c11-10(12,13)6-5-9(15)7-1-3-8(14)4-2-7/h1-4H,5-6,14H2. The minimum absolute atomic E-state index is 0.258. The van der Waals surface area contributed by atoms with Gasteiger partial charge in [-0.1, -0.05) is 0 Å². The van der Waals surface area contributed by atoms with E-state index in [2.05, 4.69) is 0 Å². The predicted octanol–water partition coefficient (Wildman–Crippen LogP) is 2.79. The van der Waals surface area contributed by atoms with Crippen molar-refractivity contribution in [2.45, 2.75) is 19.0 Å². The van der Waals surface area contributed by atoms with Crippen LogP contribution >= 0.6 is 0 Å². The summed E-state index contributed by atoms with van der Waals surface area (Å²) in [6, 6.07) is 5.82. The third-order valence-electron chi connectivity index (χ3n) is 1.87. The maximum Gasteiger partial charge on any atom is 0.389 e. The molecule has 0 aliphatic heterocycles. The molecule has 0 bridgehead atoms. The van der Waals surface area contributed by atoms with Crippen LogP contribution in [0.5, 0.6) is 0 Å². The molecule has 82 valence electrons. The largest absolute Gasteiger partial charge is 0.399 e. The maximum absolute atomic E-state index is 11.8. The number of anilines is 1. The first-order valence-electron chi connectivity index (χ1n) is 4.34. The van der Waals surface area contributed by atoms with E-state index < -0.39 is 24.8 Å². The van der Waals surface area contributed by atoms with E-state index in [-0.39, 0.29) is 5.56 Å². The van der Waals surface area contributed by atoms with Gasteiger partial charge in [0.1, 0.15) is 0 Å². The van der Waals surface area contributed by atoms with Crippen LogP contribution in [0.25, 0.3) is 0 Å². The molecule has 2 nitrogen and oxygen atoms in total. The molecule has 2 N–H and O–H groups in total. The lowest BCUT2D eigenvalue weighted by atomic mass is 10.1. The van der Waals surface area contributed by atoms with Gasteiger partial charge in [0.15, 0.2) is 5.78 Å². The van der Waals surface area contributed by atoms with E-state index >= 15 is 0 Å². The fraction of sp³-hybridized carbons (Fsp3) is 0.300. The van der Waals surface area contributed by atoms with Crippen molar-refractivity contribution in [1.82, 2.24) is 0 Å². The van der Waals surface area contributed by atoms with Gasteiger partial charge in [-0.2, -0.15) is 13.2 Å². The van der Waals surface area contributed by atoms with Gasteiger partial charge >= 0.3 is 6.18 Å². The Balaban J connectivity index is 2.58. The summed E-state index contributed by atoms with van der Waals surface area (Å²) in [5, 5.41) is 0. The molecule has 0 aliphatic carbocycles. The van der Waals surface area contributed by atoms with E-state index in [1.165, 1.54) is 24.3 Å². The summed E-state index contributed by atoms with van der Waals surface area (Å²) in [5.41, 5.74) is 6.11. The number of Topliss-reactive ketones (excluding diaryl/α,β-unsaturated/α-hetero) is 1. The van der Waals surface area contributed by atoms with E-state index in [1.54, 1.807) is 0 Å². The lowest BCUT2D eigenvalue weighted by Gasteiger charge is -2.05. The van der Waals surface area contributed by atoms with Gasteiger partial charge in [-0.25, -0.2) is 0 Å². The maximum atomic E-state index is 11.8. The minimum Gasteiger partial charge on any atom is -0.399 e. The van der Waals surface area contributed by atoms with E-state index in [4.69, 9.17) is 5.73 Å². The first-order valence-corrected chi connectivity index (χ1v) is 4.34. The average molecular weight is 217 g/mol. The SMILES string of the molecule is Nc1ccc(C(=O)CCC(F)(F)F)cc1. The lowest BCUT2D eigenvalue weighted by Crippen LogP contribution is -2.10. The van der Waals surface area contributed by atoms with Crippen LogP contribution in [-0.4, -0.2) is 12.0 Å². The molecule has 1 aromatic rings. The van der Waals surface area contributed by atoms with Gasteiger partial charge in [0.25, 0.3) is 0 Å². The zero-order chi connectivity index (χ0) is 11.5. The van der Waals surface area contributed by atoms with Crippen molar-refractivity contribution in [2.75, 3.05) is 5.73 Å². The van der Waals surface area contributed by atoms with Crippen LogP contribution in [-0.2, 0) is 0 Å². The summed E-state index contributed by atoms with van der Waals surface area (Å²) in [5.74, 6) is -0.521. The van der Waals surface area contributed by atoms with Crippen LogP contribution in [0, 0.1) is 0 Å². The van der Waals surface area contributed by atoms with Crippen molar-refractivity contribution in [1.29, 1.82) is 0 Å². The molecule has 0 aromatic heterocycles. The minimum atomic E-state index is -4.29. The average Bonchev–Trinajstić information content (AvgIpc) is 2.14. The second-order valence-corrected chi connectivity index (χ2v) is 3.16. The van der Waals surface area contributed by atoms with Gasteiger partial charge in [0, 0.05) is 17.7 Å². The number of rotatable bonds is 3. The molecule has 5 heteroatoms. The number of hydrogen-bond acceptors (Lipinski definition) is 2. The van der Waals surface area contributed by atoms with Crippen molar-refractivity contribution in [3.05, 3.63) is 29.8 Å². The van der Waals surface area contributed by atoms with Crippen LogP contribution in [0.4, 0.5) is 18.9 Å². The van der Waals surface area contributed by atoms with Gasteiger partial charge < -0.3 is 5.73 Å². The Morgan fingerprint density at radius 2 is 1.73 bits per heavy atom. The van der Waals surface area contributed by atoms with Crippen LogP contribution < -0.4 is 5.73 Å². The Labute approximate surface area is 84.9 Å². The Kier molecular flexibility index (Phi) is 3.34. The Bertz CT molecular complexity index is 343. The highest BCUT2D eigenvalue weighted by Gasteiger charge is 2.27. The van der Waals surface area contributed by atoms with Gasteiger partial charge in [-0.15, -0.1) is 0 Å². The van der Waals surface area contributed by atoms with E-state index in [0.29, 0.717) is 5.69 Å². The molecule has 0 saturated carbocycles. The number of nitrogens with two attached hydrogens (primary N) is 1. The van der Waals surface area contributed by atoms with Crippen molar-refractivity contribution in [2.24, 2.45) is 0 Å². The Morgan fingerprint density at radius 1 is 1.20 bits per heavy atom. The molecule has 0 atom stereocenters. The second-order valence-electron chi connectivity index (χ2n) is 3.16. The van der Waals surface area contributed by atoms with Crippen LogP contribution in [0.3, 0.4) is 0 Å². The molecule has 1 rings (SSSR count). The number of carbonyl (C=O) groups is 1. The van der Waals surface area contributed by atoms with Crippen molar-refractivity contribution >= 4 is 11.5 Å². The summed E-state index contributed by atoms with van der Waals surface area (Å²) in [7, 11) is 0. The third-order valence-corrected chi connectivity index (χ3v) is 1.87. The smallest absolute Gasteiger partial charge is 0.389 e. The van der Waals surface area contributed by atoms with E-state index in [0.717, 1.165) is 0 Å². The lowest BCUT2D eigenvalue weighted by molar-refractivity contribution is -0.133. The van der Waals surface area contributed by atoms with Crippen LogP contribution in [0.1, 0.15) is 23.2 Å². The van der Waals surface area contributed by atoms with Crippen molar-refractivity contribution in [3.63, 3.8) is 0 Å². The first-order chi connectivity index (χ1) is 6.88. The van der Waals surface area contributed by atoms with E-state index in [9.17, 15) is 18.0 Å². The summed E-state index contributed by atoms with van der Waals surface area (Å²) in [6.45, 7) is 0. The molecule has 0 spiro atoms. The number of carbonyl (C=O) groups excluding carboxylic acids is 1. The molecule has 1 aromatic carbocycles. The van der Waals surface area contributed by atoms with Gasteiger partial charge in [-0.05, 0) is 24.3 Å². The molecule has 0 fully saturated rings. The second kappa shape index (κ2) is 4.33. The number of hydrogen-bond donors (Lipinski definition) is 1. The molecule has 0 amide bonds. The van der Waals surface area contributed by atoms with Crippen LogP contribution in [0.2, 0.25) is 0 Å². The zero-order valence-corrected chi connectivity index (χ0v) is 7.84. The highest BCUT2D eigenvalue weighted by Crippen LogP contribution is 2.22. The summed E-state index contributed by atoms with van der Waals surface area (Å²) >= 11 is 0. The fourth-order valence-electron chi connectivity index (χ4n) is 1.07. The number of alkyl halides is 3. The molecular formula is C10H10F3NO. The molecule has 0 unspecified atom stereocenters. The summed E-state index contributed by atoms with van der Waals surface area (Å²) in [4.78, 5) is 11.3. The molecule has 0 aliphatic rings. The Hall–Kier alpha value is -1.52. The number of halogens is 3. The van der Waals surface area contributed by atoms with Crippen LogP contribution in [0.15, 0.2) is 24.3 Å². The third kappa shape index (κ3) is 4.01. The number of ketones is 1. The van der Waals surface area contributed by atoms with Crippen molar-refractivity contribution < 1.29 is 18.0 Å². The summed E-state index contributed by atoms with van der Waals surface area (Å²) < 4.78 is 35.5. The highest BCUT2D eigenvalue weighted by atomic mass is 19.4. The molecule has 0 saturated heterocycles. The monoisotopic (exact) mass is 217 g/mol. The van der Waals surface area contributed by atoms with Gasteiger partial charge in [0.05, 0.1) is 6.42 Å². The molecule has 0 radical (unpaired) electrons. The van der Waals surface area contributed by atoms with E-state index in [1.807, 2.05) is 0 Å². The quantitative estimate of drug-likeness (QED) is 0.624. The molecular weight excluding hydrogens is 207 g/mol. The van der Waals surface area contributed by atoms with Gasteiger partial charge in [0.2, 0.25) is 0 Å². The normalized spacial score (nSPS) is 11.4. The highest BCUT2D eigenvalue weighted by molar-refractivity contribution is 5.96. The fourth-order valence-corrected chi connectivity index (χ4v) is 1.07. The number of nitrogen functional groups attached to an aromatic ring is 1. The van der Waals surface area contributed by atoms with Crippen molar-refractivity contribution in [3.8, 4) is 0 Å². The summed E-state index contributed by atoms with van der Waals surface area (Å²) in [6.07, 6.45) is -5.90. The topological polar surface area (TPSA) is 43.1 Å². The Morgan fingerprint density at radius 3 is 2.20 bits per heavy atom. The molecule has 15 heavy (non-hydrogen) atoms. The first kappa shape index (κ1) is 11.6. The zero-order valence-electron chi connectivity index (χ0n) is 7.84. The predicted molar refractivity (Wildman–Crippen MR) is 50.5 cm³/mol.